The van der Waals surface area contributed by atoms with Crippen LogP contribution in [0.1, 0.15) is 57.7 Å². The summed E-state index contributed by atoms with van der Waals surface area (Å²) >= 11 is 0. The molecule has 0 aliphatic heterocycles. The summed E-state index contributed by atoms with van der Waals surface area (Å²) in [6, 6.07) is 0.606. The van der Waals surface area contributed by atoms with Crippen LogP contribution in [0.4, 0.5) is 4.79 Å². The molecule has 1 aromatic rings. The van der Waals surface area contributed by atoms with Crippen molar-refractivity contribution in [2.75, 3.05) is 0 Å². The average Bonchev–Trinajstić information content (AvgIpc) is 2.75. The predicted molar refractivity (Wildman–Crippen MR) is 90.2 cm³/mol. The van der Waals surface area contributed by atoms with Crippen molar-refractivity contribution in [3.05, 3.63) is 17.5 Å². The maximum Gasteiger partial charge on any atom is 0.407 e. The van der Waals surface area contributed by atoms with Gasteiger partial charge in [-0.3, -0.25) is 4.68 Å². The number of nitrogens with one attached hydrogen (secondary N) is 2. The molecule has 0 radical (unpaired) electrons. The highest BCUT2D eigenvalue weighted by Crippen LogP contribution is 2.20. The molecule has 2 N–H and O–H groups in total. The molecule has 1 aromatic heterocycles. The van der Waals surface area contributed by atoms with Gasteiger partial charge >= 0.3 is 6.09 Å². The Hall–Kier alpha value is -1.56. The summed E-state index contributed by atoms with van der Waals surface area (Å²) in [5, 5.41) is 10.9. The number of carbonyl (C=O) groups is 1. The molecule has 0 saturated heterocycles. The van der Waals surface area contributed by atoms with Crippen LogP contribution >= 0.6 is 0 Å². The average molecular weight is 322 g/mol. The lowest BCUT2D eigenvalue weighted by Gasteiger charge is -2.31. The summed E-state index contributed by atoms with van der Waals surface area (Å²) in [6.07, 6.45) is 5.82. The molecule has 1 heterocycles. The minimum Gasteiger partial charge on any atom is -0.444 e. The zero-order chi connectivity index (χ0) is 17.0. The van der Waals surface area contributed by atoms with Gasteiger partial charge in [0.1, 0.15) is 5.60 Å². The van der Waals surface area contributed by atoms with Gasteiger partial charge in [-0.2, -0.15) is 5.10 Å². The first-order valence-electron chi connectivity index (χ1n) is 8.45. The summed E-state index contributed by atoms with van der Waals surface area (Å²) in [6.45, 7) is 8.55. The highest BCUT2D eigenvalue weighted by atomic mass is 16.6. The summed E-state index contributed by atoms with van der Waals surface area (Å²) < 4.78 is 7.24. The van der Waals surface area contributed by atoms with Crippen molar-refractivity contribution < 1.29 is 9.53 Å². The molecule has 6 nitrogen and oxygen atoms in total. The van der Waals surface area contributed by atoms with E-state index in [2.05, 4.69) is 22.7 Å². The van der Waals surface area contributed by atoms with Crippen molar-refractivity contribution in [1.29, 1.82) is 0 Å². The molecular weight excluding hydrogens is 292 g/mol. The van der Waals surface area contributed by atoms with Gasteiger partial charge in [0.15, 0.2) is 0 Å². The number of aryl methyl sites for hydroxylation is 1. The summed E-state index contributed by atoms with van der Waals surface area (Å²) in [5.41, 5.74) is 1.97. The summed E-state index contributed by atoms with van der Waals surface area (Å²) in [5.74, 6) is 0. The molecule has 1 aliphatic carbocycles. The fourth-order valence-corrected chi connectivity index (χ4v) is 2.95. The Morgan fingerprint density at radius 1 is 1.39 bits per heavy atom. The van der Waals surface area contributed by atoms with Gasteiger partial charge in [0.2, 0.25) is 0 Å². The highest BCUT2D eigenvalue weighted by molar-refractivity contribution is 5.68. The van der Waals surface area contributed by atoms with Gasteiger partial charge in [-0.1, -0.05) is 0 Å². The van der Waals surface area contributed by atoms with E-state index in [0.717, 1.165) is 32.2 Å². The van der Waals surface area contributed by atoms with Crippen LogP contribution in [0, 0.1) is 6.92 Å². The van der Waals surface area contributed by atoms with Crippen LogP contribution in [0.25, 0.3) is 0 Å². The third kappa shape index (κ3) is 5.53. The minimum atomic E-state index is -0.450. The second-order valence-electron chi connectivity index (χ2n) is 7.47. The maximum absolute atomic E-state index is 11.9. The van der Waals surface area contributed by atoms with Crippen molar-refractivity contribution in [3.63, 3.8) is 0 Å². The number of nitrogens with zero attached hydrogens (tertiary/aromatic N) is 2. The topological polar surface area (TPSA) is 68.2 Å². The lowest BCUT2D eigenvalue weighted by atomic mass is 9.91. The molecule has 23 heavy (non-hydrogen) atoms. The van der Waals surface area contributed by atoms with Crippen molar-refractivity contribution >= 4 is 6.09 Å². The van der Waals surface area contributed by atoms with Crippen molar-refractivity contribution in [2.24, 2.45) is 7.05 Å². The first-order chi connectivity index (χ1) is 10.7. The van der Waals surface area contributed by atoms with Gasteiger partial charge in [-0.25, -0.2) is 4.79 Å². The van der Waals surface area contributed by atoms with Crippen LogP contribution in [0.2, 0.25) is 0 Å². The van der Waals surface area contributed by atoms with Gasteiger partial charge in [0, 0.05) is 36.9 Å². The first-order valence-corrected chi connectivity index (χ1v) is 8.45. The Kier molecular flexibility index (Phi) is 5.68. The Bertz CT molecular complexity index is 533. The zero-order valence-corrected chi connectivity index (χ0v) is 15.0. The van der Waals surface area contributed by atoms with Crippen LogP contribution in [0.3, 0.4) is 0 Å². The van der Waals surface area contributed by atoms with Crippen molar-refractivity contribution in [3.8, 4) is 0 Å². The first kappa shape index (κ1) is 17.8. The zero-order valence-electron chi connectivity index (χ0n) is 15.0. The molecule has 130 valence electrons. The van der Waals surface area contributed by atoms with Crippen LogP contribution in [-0.4, -0.2) is 33.6 Å². The molecule has 2 atom stereocenters. The second kappa shape index (κ2) is 7.34. The van der Waals surface area contributed by atoms with Gasteiger partial charge < -0.3 is 15.4 Å². The SMILES string of the molecule is Cc1c(CN[C@H]2CCC[C@H](NC(=O)OC(C)(C)C)C2)cnn1C. The Morgan fingerprint density at radius 3 is 2.70 bits per heavy atom. The third-order valence-electron chi connectivity index (χ3n) is 4.31. The second-order valence-corrected chi connectivity index (χ2v) is 7.47. The number of rotatable bonds is 4. The van der Waals surface area contributed by atoms with Gasteiger partial charge in [-0.15, -0.1) is 0 Å². The fraction of sp³-hybridized carbons (Fsp3) is 0.765. The quantitative estimate of drug-likeness (QED) is 0.894. The molecule has 0 aromatic carbocycles. The van der Waals surface area contributed by atoms with Gasteiger partial charge in [0.25, 0.3) is 0 Å². The largest absolute Gasteiger partial charge is 0.444 e. The fourth-order valence-electron chi connectivity index (χ4n) is 2.95. The van der Waals surface area contributed by atoms with E-state index in [9.17, 15) is 4.79 Å². The van der Waals surface area contributed by atoms with Gasteiger partial charge in [0.05, 0.1) is 6.20 Å². The molecule has 1 fully saturated rings. The van der Waals surface area contributed by atoms with Crippen LogP contribution in [0.15, 0.2) is 6.20 Å². The summed E-state index contributed by atoms with van der Waals surface area (Å²) in [7, 11) is 1.96. The smallest absolute Gasteiger partial charge is 0.407 e. The number of amides is 1. The van der Waals surface area contributed by atoms with Crippen LogP contribution < -0.4 is 10.6 Å². The van der Waals surface area contributed by atoms with E-state index in [1.807, 2.05) is 38.7 Å². The Labute approximate surface area is 139 Å². The number of ether oxygens (including phenoxy) is 1. The number of alkyl carbamates (subject to hydrolysis) is 1. The molecule has 1 saturated carbocycles. The van der Waals surface area contributed by atoms with E-state index in [-0.39, 0.29) is 12.1 Å². The Balaban J connectivity index is 1.79. The molecular formula is C17H30N4O2. The number of aromatic nitrogens is 2. The molecule has 1 aliphatic rings. The molecule has 2 rings (SSSR count). The van der Waals surface area contributed by atoms with E-state index >= 15 is 0 Å². The normalized spacial score (nSPS) is 22.0. The van der Waals surface area contributed by atoms with E-state index in [0.29, 0.717) is 6.04 Å². The molecule has 6 heteroatoms. The van der Waals surface area contributed by atoms with Crippen molar-refractivity contribution in [1.82, 2.24) is 20.4 Å². The highest BCUT2D eigenvalue weighted by Gasteiger charge is 2.25. The van der Waals surface area contributed by atoms with Gasteiger partial charge in [-0.05, 0) is 53.4 Å². The lowest BCUT2D eigenvalue weighted by Crippen LogP contribution is -2.45. The minimum absolute atomic E-state index is 0.186. The monoisotopic (exact) mass is 322 g/mol. The lowest BCUT2D eigenvalue weighted by molar-refractivity contribution is 0.0488. The predicted octanol–water partition coefficient (Wildman–Crippen LogP) is 2.65. The van der Waals surface area contributed by atoms with E-state index in [4.69, 9.17) is 4.74 Å². The molecule has 0 bridgehead atoms. The molecule has 1 amide bonds. The molecule has 0 unspecified atom stereocenters. The summed E-state index contributed by atoms with van der Waals surface area (Å²) in [4.78, 5) is 11.9. The molecule has 0 spiro atoms. The number of hydrogen-bond donors (Lipinski definition) is 2. The van der Waals surface area contributed by atoms with E-state index in [1.165, 1.54) is 11.3 Å². The Morgan fingerprint density at radius 2 is 2.09 bits per heavy atom. The number of carbonyl (C=O) groups excluding carboxylic acids is 1. The standard InChI is InChI=1S/C17H30N4O2/c1-12-13(11-19-21(12)5)10-18-14-7-6-8-15(9-14)20-16(22)23-17(2,3)4/h11,14-15,18H,6-10H2,1-5H3,(H,20,22)/t14-,15-/m0/s1. The van der Waals surface area contributed by atoms with Crippen LogP contribution in [0.5, 0.6) is 0 Å². The third-order valence-corrected chi connectivity index (χ3v) is 4.31. The van der Waals surface area contributed by atoms with Crippen LogP contribution in [-0.2, 0) is 18.3 Å². The number of hydrogen-bond acceptors (Lipinski definition) is 4. The van der Waals surface area contributed by atoms with Crippen molar-refractivity contribution in [2.45, 2.75) is 77.6 Å². The maximum atomic E-state index is 11.9. The van der Waals surface area contributed by atoms with E-state index in [1.54, 1.807) is 0 Å². The van der Waals surface area contributed by atoms with E-state index < -0.39 is 5.60 Å².